The number of para-hydroxylation sites is 1. The summed E-state index contributed by atoms with van der Waals surface area (Å²) in [7, 11) is 3.23. The molecule has 1 aromatic heterocycles. The van der Waals surface area contributed by atoms with Gasteiger partial charge in [0.1, 0.15) is 17.2 Å². The Morgan fingerprint density at radius 1 is 1.10 bits per heavy atom. The number of methoxy groups -OCH3 is 2. The highest BCUT2D eigenvalue weighted by Gasteiger charge is 2.20. The van der Waals surface area contributed by atoms with Crippen molar-refractivity contribution in [1.82, 2.24) is 4.98 Å². The maximum absolute atomic E-state index is 12.9. The molecule has 0 aliphatic carbocycles. The molecular formula is C23H26N2O4S. The van der Waals surface area contributed by atoms with Crippen LogP contribution >= 0.6 is 11.3 Å². The van der Waals surface area contributed by atoms with Crippen molar-refractivity contribution in [3.8, 4) is 28.5 Å². The van der Waals surface area contributed by atoms with Crippen LogP contribution < -0.4 is 19.1 Å². The molecule has 0 atom stereocenters. The summed E-state index contributed by atoms with van der Waals surface area (Å²) in [5.74, 6) is 2.02. The fourth-order valence-corrected chi connectivity index (χ4v) is 4.09. The Hall–Kier alpha value is -3.06. The van der Waals surface area contributed by atoms with Crippen LogP contribution in [0.5, 0.6) is 17.2 Å². The highest BCUT2D eigenvalue weighted by molar-refractivity contribution is 7.14. The largest absolute Gasteiger partial charge is 0.497 e. The molecule has 3 aromatic rings. The van der Waals surface area contributed by atoms with Crippen molar-refractivity contribution in [3.05, 3.63) is 52.9 Å². The number of rotatable bonds is 8. The third kappa shape index (κ3) is 4.57. The van der Waals surface area contributed by atoms with E-state index in [2.05, 4.69) is 4.98 Å². The van der Waals surface area contributed by atoms with Gasteiger partial charge in [0.15, 0.2) is 11.7 Å². The first-order valence-corrected chi connectivity index (χ1v) is 10.5. The summed E-state index contributed by atoms with van der Waals surface area (Å²) in [5, 5.41) is 2.53. The van der Waals surface area contributed by atoms with E-state index in [1.807, 2.05) is 62.5 Å². The predicted octanol–water partition coefficient (Wildman–Crippen LogP) is 4.88. The van der Waals surface area contributed by atoms with Gasteiger partial charge in [-0.2, -0.15) is 0 Å². The molecule has 0 aliphatic rings. The number of carbonyl (C=O) groups is 1. The maximum Gasteiger partial charge on any atom is 0.266 e. The molecule has 158 valence electrons. The number of benzene rings is 2. The van der Waals surface area contributed by atoms with E-state index in [1.54, 1.807) is 19.1 Å². The monoisotopic (exact) mass is 426 g/mol. The minimum atomic E-state index is -0.140. The molecular weight excluding hydrogens is 400 g/mol. The van der Waals surface area contributed by atoms with Gasteiger partial charge < -0.3 is 14.2 Å². The fourth-order valence-electron chi connectivity index (χ4n) is 3.18. The zero-order valence-corrected chi connectivity index (χ0v) is 18.7. The second-order valence-electron chi connectivity index (χ2n) is 6.73. The number of carbonyl (C=O) groups excluding carboxylic acids is 1. The number of aromatic nitrogens is 1. The Bertz CT molecular complexity index is 1010. The molecule has 7 heteroatoms. The van der Waals surface area contributed by atoms with Gasteiger partial charge in [0, 0.05) is 17.5 Å². The predicted molar refractivity (Wildman–Crippen MR) is 120 cm³/mol. The SMILES string of the molecule is CCN(C(=O)COc1c(C)cccc1C)c1nc(-c2cc(OC)ccc2OC)cs1. The average Bonchev–Trinajstić information content (AvgIpc) is 3.23. The molecule has 0 saturated heterocycles. The molecule has 0 radical (unpaired) electrons. The first kappa shape index (κ1) is 21.6. The zero-order chi connectivity index (χ0) is 21.7. The Kier molecular flexibility index (Phi) is 6.95. The third-order valence-electron chi connectivity index (χ3n) is 4.77. The first-order chi connectivity index (χ1) is 14.5. The van der Waals surface area contributed by atoms with Crippen LogP contribution in [0.1, 0.15) is 18.1 Å². The number of nitrogens with zero attached hydrogens (tertiary/aromatic N) is 2. The minimum absolute atomic E-state index is 0.0447. The minimum Gasteiger partial charge on any atom is -0.497 e. The summed E-state index contributed by atoms with van der Waals surface area (Å²) in [6.07, 6.45) is 0. The summed E-state index contributed by atoms with van der Waals surface area (Å²) in [6, 6.07) is 11.5. The van der Waals surface area contributed by atoms with E-state index in [9.17, 15) is 4.79 Å². The second kappa shape index (κ2) is 9.63. The number of hydrogen-bond donors (Lipinski definition) is 0. The van der Waals surface area contributed by atoms with E-state index < -0.39 is 0 Å². The highest BCUT2D eigenvalue weighted by atomic mass is 32.1. The van der Waals surface area contributed by atoms with Crippen LogP contribution in [-0.4, -0.2) is 38.3 Å². The van der Waals surface area contributed by atoms with Crippen molar-refractivity contribution in [1.29, 1.82) is 0 Å². The van der Waals surface area contributed by atoms with Gasteiger partial charge in [-0.3, -0.25) is 9.69 Å². The lowest BCUT2D eigenvalue weighted by molar-refractivity contribution is -0.120. The number of ether oxygens (including phenoxy) is 3. The van der Waals surface area contributed by atoms with E-state index in [4.69, 9.17) is 14.2 Å². The Labute approximate surface area is 181 Å². The molecule has 0 spiro atoms. The van der Waals surface area contributed by atoms with Crippen molar-refractivity contribution in [2.24, 2.45) is 0 Å². The van der Waals surface area contributed by atoms with Gasteiger partial charge in [0.25, 0.3) is 5.91 Å². The van der Waals surface area contributed by atoms with Gasteiger partial charge in [-0.05, 0) is 50.1 Å². The van der Waals surface area contributed by atoms with Crippen molar-refractivity contribution >= 4 is 22.4 Å². The molecule has 0 unspecified atom stereocenters. The van der Waals surface area contributed by atoms with Crippen LogP contribution in [-0.2, 0) is 4.79 Å². The number of aryl methyl sites for hydroxylation is 2. The molecule has 2 aromatic carbocycles. The van der Waals surface area contributed by atoms with E-state index in [-0.39, 0.29) is 12.5 Å². The number of hydrogen-bond acceptors (Lipinski definition) is 6. The van der Waals surface area contributed by atoms with Gasteiger partial charge in [0.2, 0.25) is 0 Å². The van der Waals surface area contributed by atoms with Crippen LogP contribution in [0.3, 0.4) is 0 Å². The lowest BCUT2D eigenvalue weighted by Crippen LogP contribution is -2.34. The van der Waals surface area contributed by atoms with Crippen LogP contribution in [0, 0.1) is 13.8 Å². The number of amides is 1. The lowest BCUT2D eigenvalue weighted by atomic mass is 10.1. The first-order valence-electron chi connectivity index (χ1n) is 9.65. The average molecular weight is 427 g/mol. The molecule has 0 aliphatic heterocycles. The van der Waals surface area contributed by atoms with Gasteiger partial charge in [-0.1, -0.05) is 18.2 Å². The van der Waals surface area contributed by atoms with Crippen molar-refractivity contribution in [3.63, 3.8) is 0 Å². The van der Waals surface area contributed by atoms with E-state index in [1.165, 1.54) is 11.3 Å². The van der Waals surface area contributed by atoms with Gasteiger partial charge in [-0.15, -0.1) is 11.3 Å². The lowest BCUT2D eigenvalue weighted by Gasteiger charge is -2.19. The van der Waals surface area contributed by atoms with Gasteiger partial charge in [-0.25, -0.2) is 4.98 Å². The standard InChI is InChI=1S/C23H26N2O4S/c1-6-25(21(26)13-29-22-15(2)8-7-9-16(22)3)23-24-19(14-30-23)18-12-17(27-4)10-11-20(18)28-5/h7-12,14H,6,13H2,1-5H3. The smallest absolute Gasteiger partial charge is 0.266 e. The van der Waals surface area contributed by atoms with Crippen LogP contribution in [0.4, 0.5) is 5.13 Å². The Morgan fingerprint density at radius 2 is 1.83 bits per heavy atom. The van der Waals surface area contributed by atoms with Crippen molar-refractivity contribution < 1.29 is 19.0 Å². The van der Waals surface area contributed by atoms with Crippen molar-refractivity contribution in [2.45, 2.75) is 20.8 Å². The van der Waals surface area contributed by atoms with E-state index in [0.29, 0.717) is 23.2 Å². The summed E-state index contributed by atoms with van der Waals surface area (Å²) in [5.41, 5.74) is 3.56. The molecule has 1 heterocycles. The molecule has 1 amide bonds. The number of thiazole rings is 1. The second-order valence-corrected chi connectivity index (χ2v) is 7.57. The fraction of sp³-hybridized carbons (Fsp3) is 0.304. The maximum atomic E-state index is 12.9. The number of anilines is 1. The van der Waals surface area contributed by atoms with E-state index in [0.717, 1.165) is 28.1 Å². The molecule has 6 nitrogen and oxygen atoms in total. The topological polar surface area (TPSA) is 60.9 Å². The molecule has 0 saturated carbocycles. The zero-order valence-electron chi connectivity index (χ0n) is 17.9. The summed E-state index contributed by atoms with van der Waals surface area (Å²) < 4.78 is 16.6. The Morgan fingerprint density at radius 3 is 2.47 bits per heavy atom. The van der Waals surface area contributed by atoms with Gasteiger partial charge in [0.05, 0.1) is 19.9 Å². The molecule has 0 fully saturated rings. The van der Waals surface area contributed by atoms with Crippen LogP contribution in [0.2, 0.25) is 0 Å². The highest BCUT2D eigenvalue weighted by Crippen LogP contribution is 2.36. The number of likely N-dealkylation sites (N-methyl/N-ethyl adjacent to an activating group) is 1. The van der Waals surface area contributed by atoms with Gasteiger partial charge >= 0.3 is 0 Å². The van der Waals surface area contributed by atoms with Crippen molar-refractivity contribution in [2.75, 3.05) is 32.3 Å². The Balaban J connectivity index is 1.80. The molecule has 30 heavy (non-hydrogen) atoms. The molecule has 0 N–H and O–H groups in total. The van der Waals surface area contributed by atoms with E-state index >= 15 is 0 Å². The summed E-state index contributed by atoms with van der Waals surface area (Å²) in [4.78, 5) is 19.2. The quantitative estimate of drug-likeness (QED) is 0.514. The summed E-state index contributed by atoms with van der Waals surface area (Å²) in [6.45, 7) is 6.32. The van der Waals surface area contributed by atoms with Crippen LogP contribution in [0.25, 0.3) is 11.3 Å². The molecule has 3 rings (SSSR count). The third-order valence-corrected chi connectivity index (χ3v) is 5.64. The molecule has 0 bridgehead atoms. The van der Waals surface area contributed by atoms with Crippen LogP contribution in [0.15, 0.2) is 41.8 Å². The summed E-state index contributed by atoms with van der Waals surface area (Å²) >= 11 is 1.41. The normalized spacial score (nSPS) is 10.6.